The maximum atomic E-state index is 12.1. The molecule has 0 aromatic heterocycles. The van der Waals surface area contributed by atoms with Crippen molar-refractivity contribution in [2.45, 2.75) is 13.0 Å². The molecule has 0 bridgehead atoms. The van der Waals surface area contributed by atoms with Crippen LogP contribution in [0.2, 0.25) is 0 Å². The number of amides is 1. The molecule has 1 aliphatic heterocycles. The smallest absolute Gasteiger partial charge is 0.290 e. The average Bonchev–Trinajstić information content (AvgIpc) is 2.72. The second-order valence-corrected chi connectivity index (χ2v) is 4.82. The number of rotatable bonds is 5. The van der Waals surface area contributed by atoms with Crippen molar-refractivity contribution in [3.63, 3.8) is 0 Å². The molecule has 0 radical (unpaired) electrons. The first kappa shape index (κ1) is 15.4. The Hall–Kier alpha value is -2.96. The van der Waals surface area contributed by atoms with Crippen molar-refractivity contribution in [2.75, 3.05) is 6.54 Å². The van der Waals surface area contributed by atoms with Gasteiger partial charge in [-0.1, -0.05) is 6.08 Å². The van der Waals surface area contributed by atoms with Gasteiger partial charge in [-0.15, -0.1) is 6.58 Å². The maximum absolute atomic E-state index is 12.1. The van der Waals surface area contributed by atoms with Gasteiger partial charge in [0.15, 0.2) is 11.5 Å². The molecule has 1 aromatic carbocycles. The van der Waals surface area contributed by atoms with Crippen LogP contribution in [0.25, 0.3) is 0 Å². The van der Waals surface area contributed by atoms with E-state index in [0.29, 0.717) is 5.56 Å². The Morgan fingerprint density at radius 2 is 2.05 bits per heavy atom. The number of nitrogens with zero attached hydrogens (tertiary/aromatic N) is 2. The van der Waals surface area contributed by atoms with Gasteiger partial charge in [0.05, 0.1) is 16.5 Å². The van der Waals surface area contributed by atoms with E-state index in [4.69, 9.17) is 0 Å². The fraction of sp³-hybridized carbons (Fsp3) is 0.200. The van der Waals surface area contributed by atoms with Gasteiger partial charge in [-0.3, -0.25) is 19.7 Å². The van der Waals surface area contributed by atoms with E-state index in [9.17, 15) is 24.8 Å². The number of carbonyl (C=O) groups excluding carboxylic acids is 2. The average molecular weight is 302 g/mol. The van der Waals surface area contributed by atoms with Crippen molar-refractivity contribution < 1.29 is 19.6 Å². The molecular weight excluding hydrogens is 288 g/mol. The van der Waals surface area contributed by atoms with E-state index >= 15 is 0 Å². The lowest BCUT2D eigenvalue weighted by molar-refractivity contribution is -0.384. The second kappa shape index (κ2) is 5.80. The molecule has 1 amide bonds. The van der Waals surface area contributed by atoms with Crippen LogP contribution >= 0.6 is 0 Å². The quantitative estimate of drug-likeness (QED) is 0.509. The van der Waals surface area contributed by atoms with E-state index in [-0.39, 0.29) is 17.8 Å². The topological polar surface area (TPSA) is 101 Å². The summed E-state index contributed by atoms with van der Waals surface area (Å²) < 4.78 is 0. The zero-order valence-electron chi connectivity index (χ0n) is 11.9. The summed E-state index contributed by atoms with van der Waals surface area (Å²) >= 11 is 0. The molecule has 1 aromatic rings. The highest BCUT2D eigenvalue weighted by atomic mass is 16.6. The molecule has 1 N–H and O–H groups in total. The number of nitro benzene ring substituents is 1. The van der Waals surface area contributed by atoms with Gasteiger partial charge in [0.1, 0.15) is 0 Å². The standard InChI is InChI=1S/C15H14N2O5/c1-3-8-16-13(12(9(2)18)14(19)15(16)20)10-4-6-11(7-5-10)17(21)22/h3-7,13,19H,1,8H2,2H3. The molecule has 22 heavy (non-hydrogen) atoms. The largest absolute Gasteiger partial charge is 0.503 e. The molecule has 114 valence electrons. The molecule has 2 rings (SSSR count). The van der Waals surface area contributed by atoms with E-state index in [1.165, 1.54) is 42.2 Å². The number of nitro groups is 1. The summed E-state index contributed by atoms with van der Waals surface area (Å²) in [6.45, 7) is 4.95. The predicted molar refractivity (Wildman–Crippen MR) is 78.1 cm³/mol. The van der Waals surface area contributed by atoms with Gasteiger partial charge in [0.25, 0.3) is 11.6 Å². The SMILES string of the molecule is C=CCN1C(=O)C(O)=C(C(C)=O)C1c1ccc([N+](=O)[O-])cc1. The van der Waals surface area contributed by atoms with Gasteiger partial charge in [-0.05, 0) is 24.6 Å². The van der Waals surface area contributed by atoms with Crippen LogP contribution in [-0.4, -0.2) is 33.2 Å². The first-order valence-electron chi connectivity index (χ1n) is 6.48. The molecule has 0 aliphatic carbocycles. The van der Waals surface area contributed by atoms with Crippen molar-refractivity contribution in [1.82, 2.24) is 4.90 Å². The summed E-state index contributed by atoms with van der Waals surface area (Å²) in [6, 6.07) is 4.74. The molecule has 7 heteroatoms. The summed E-state index contributed by atoms with van der Waals surface area (Å²) in [5.74, 6) is -1.67. The number of benzene rings is 1. The van der Waals surface area contributed by atoms with Crippen molar-refractivity contribution in [3.05, 3.63) is 63.9 Å². The molecule has 7 nitrogen and oxygen atoms in total. The van der Waals surface area contributed by atoms with E-state index in [2.05, 4.69) is 6.58 Å². The number of carbonyl (C=O) groups is 2. The van der Waals surface area contributed by atoms with Gasteiger partial charge >= 0.3 is 0 Å². The molecule has 0 spiro atoms. The van der Waals surface area contributed by atoms with Gasteiger partial charge in [-0.2, -0.15) is 0 Å². The number of ketones is 1. The minimum Gasteiger partial charge on any atom is -0.503 e. The molecule has 1 unspecified atom stereocenters. The minimum absolute atomic E-state index is 0.0132. The van der Waals surface area contributed by atoms with Gasteiger partial charge in [0.2, 0.25) is 0 Å². The lowest BCUT2D eigenvalue weighted by Gasteiger charge is -2.25. The van der Waals surface area contributed by atoms with Crippen LogP contribution in [0.4, 0.5) is 5.69 Å². The zero-order chi connectivity index (χ0) is 16.4. The van der Waals surface area contributed by atoms with Crippen LogP contribution in [0.3, 0.4) is 0 Å². The van der Waals surface area contributed by atoms with Gasteiger partial charge in [0, 0.05) is 18.7 Å². The van der Waals surface area contributed by atoms with E-state index in [1.54, 1.807) is 0 Å². The number of Topliss-reactive ketones (excluding diaryl/α,β-unsaturated/α-hetero) is 1. The first-order valence-corrected chi connectivity index (χ1v) is 6.48. The zero-order valence-corrected chi connectivity index (χ0v) is 11.9. The third-order valence-electron chi connectivity index (χ3n) is 3.43. The normalized spacial score (nSPS) is 17.8. The lowest BCUT2D eigenvalue weighted by Crippen LogP contribution is -2.31. The van der Waals surface area contributed by atoms with Crippen LogP contribution < -0.4 is 0 Å². The van der Waals surface area contributed by atoms with Crippen LogP contribution in [0, 0.1) is 10.1 Å². The second-order valence-electron chi connectivity index (χ2n) is 4.82. The first-order chi connectivity index (χ1) is 10.4. The Labute approximate surface area is 126 Å². The molecule has 0 saturated heterocycles. The highest BCUT2D eigenvalue weighted by Gasteiger charge is 2.41. The summed E-state index contributed by atoms with van der Waals surface area (Å²) in [4.78, 5) is 35.3. The third kappa shape index (κ3) is 2.48. The molecule has 0 fully saturated rings. The number of hydrogen-bond donors (Lipinski definition) is 1. The van der Waals surface area contributed by atoms with Crippen molar-refractivity contribution >= 4 is 17.4 Å². The van der Waals surface area contributed by atoms with Crippen LogP contribution in [0.15, 0.2) is 48.3 Å². The van der Waals surface area contributed by atoms with E-state index in [1.807, 2.05) is 0 Å². The van der Waals surface area contributed by atoms with Crippen LogP contribution in [0.1, 0.15) is 18.5 Å². The Bertz CT molecular complexity index is 690. The lowest BCUT2D eigenvalue weighted by atomic mass is 9.96. The highest BCUT2D eigenvalue weighted by molar-refractivity contribution is 6.08. The fourth-order valence-corrected chi connectivity index (χ4v) is 2.47. The fourth-order valence-electron chi connectivity index (χ4n) is 2.47. The van der Waals surface area contributed by atoms with Gasteiger partial charge in [-0.25, -0.2) is 0 Å². The van der Waals surface area contributed by atoms with Crippen molar-refractivity contribution in [2.24, 2.45) is 0 Å². The molecule has 1 aliphatic rings. The Morgan fingerprint density at radius 1 is 1.45 bits per heavy atom. The number of aliphatic hydroxyl groups excluding tert-OH is 1. The number of aliphatic hydroxyl groups is 1. The van der Waals surface area contributed by atoms with Crippen molar-refractivity contribution in [1.29, 1.82) is 0 Å². The molecular formula is C15H14N2O5. The van der Waals surface area contributed by atoms with Crippen LogP contribution in [0.5, 0.6) is 0 Å². The Morgan fingerprint density at radius 3 is 2.50 bits per heavy atom. The van der Waals surface area contributed by atoms with Gasteiger partial charge < -0.3 is 10.0 Å². The Balaban J connectivity index is 2.51. The molecule has 1 heterocycles. The highest BCUT2D eigenvalue weighted by Crippen LogP contribution is 2.37. The summed E-state index contributed by atoms with van der Waals surface area (Å²) in [6.07, 6.45) is 1.48. The summed E-state index contributed by atoms with van der Waals surface area (Å²) in [5, 5.41) is 20.6. The molecule has 1 atom stereocenters. The minimum atomic E-state index is -0.774. The number of non-ortho nitro benzene ring substituents is 1. The van der Waals surface area contributed by atoms with Crippen molar-refractivity contribution in [3.8, 4) is 0 Å². The Kier molecular flexibility index (Phi) is 4.07. The molecule has 0 saturated carbocycles. The summed E-state index contributed by atoms with van der Waals surface area (Å²) in [5.41, 5.74) is 0.400. The monoisotopic (exact) mass is 302 g/mol. The summed E-state index contributed by atoms with van der Waals surface area (Å²) in [7, 11) is 0. The number of hydrogen-bond acceptors (Lipinski definition) is 5. The van der Waals surface area contributed by atoms with Crippen LogP contribution in [-0.2, 0) is 9.59 Å². The predicted octanol–water partition coefficient (Wildman–Crippen LogP) is 2.07. The third-order valence-corrected chi connectivity index (χ3v) is 3.43. The van der Waals surface area contributed by atoms with E-state index in [0.717, 1.165) is 0 Å². The maximum Gasteiger partial charge on any atom is 0.290 e. The van der Waals surface area contributed by atoms with E-state index < -0.39 is 28.4 Å².